The third-order valence-electron chi connectivity index (χ3n) is 2.91. The second-order valence-electron chi connectivity index (χ2n) is 4.12. The van der Waals surface area contributed by atoms with E-state index < -0.39 is 0 Å². The van der Waals surface area contributed by atoms with Gasteiger partial charge >= 0.3 is 0 Å². The molecule has 2 rings (SSSR count). The van der Waals surface area contributed by atoms with Crippen molar-refractivity contribution in [3.63, 3.8) is 0 Å². The van der Waals surface area contributed by atoms with Gasteiger partial charge in [-0.25, -0.2) is 0 Å². The number of hydrogen-bond acceptors (Lipinski definition) is 3. The molecule has 4 nitrogen and oxygen atoms in total. The summed E-state index contributed by atoms with van der Waals surface area (Å²) in [4.78, 5) is 0. The van der Waals surface area contributed by atoms with E-state index >= 15 is 0 Å². The highest BCUT2D eigenvalue weighted by atomic mass is 16.3. The van der Waals surface area contributed by atoms with E-state index in [4.69, 9.17) is 10.2 Å². The molecule has 2 aromatic heterocycles. The van der Waals surface area contributed by atoms with E-state index in [1.54, 1.807) is 6.26 Å². The van der Waals surface area contributed by atoms with E-state index in [0.717, 1.165) is 30.8 Å². The molecule has 0 aliphatic carbocycles. The molecule has 0 fully saturated rings. The fraction of sp³-hybridized carbons (Fsp3) is 0.462. The van der Waals surface area contributed by atoms with Crippen molar-refractivity contribution in [3.8, 4) is 0 Å². The molecule has 92 valence electrons. The van der Waals surface area contributed by atoms with Crippen molar-refractivity contribution in [1.82, 2.24) is 9.78 Å². The van der Waals surface area contributed by atoms with Gasteiger partial charge < -0.3 is 10.2 Å². The Labute approximate surface area is 101 Å². The smallest absolute Gasteiger partial charge is 0.120 e. The van der Waals surface area contributed by atoms with Gasteiger partial charge in [0.25, 0.3) is 0 Å². The first-order chi connectivity index (χ1) is 8.24. The Morgan fingerprint density at radius 1 is 1.47 bits per heavy atom. The number of aryl methyl sites for hydroxylation is 2. The molecule has 0 aliphatic rings. The van der Waals surface area contributed by atoms with Crippen LogP contribution in [0.2, 0.25) is 0 Å². The average molecular weight is 233 g/mol. The van der Waals surface area contributed by atoms with Crippen LogP contribution in [0.4, 0.5) is 0 Å². The molecular formula is C13H19N3O. The first kappa shape index (κ1) is 11.9. The predicted molar refractivity (Wildman–Crippen MR) is 66.6 cm³/mol. The molecule has 0 aromatic carbocycles. The molecule has 2 N–H and O–H groups in total. The summed E-state index contributed by atoms with van der Waals surface area (Å²) in [6, 6.07) is 5.81. The van der Waals surface area contributed by atoms with Crippen LogP contribution in [0.3, 0.4) is 0 Å². The highest BCUT2D eigenvalue weighted by molar-refractivity contribution is 5.14. The normalized spacial score (nSPS) is 12.9. The van der Waals surface area contributed by atoms with E-state index in [1.807, 2.05) is 16.8 Å². The molecule has 2 heterocycles. The Kier molecular flexibility index (Phi) is 3.64. The molecule has 0 saturated carbocycles. The van der Waals surface area contributed by atoms with Crippen molar-refractivity contribution >= 4 is 0 Å². The Hall–Kier alpha value is -1.55. The number of furan rings is 1. The lowest BCUT2D eigenvalue weighted by Gasteiger charge is -2.09. The summed E-state index contributed by atoms with van der Waals surface area (Å²) >= 11 is 0. The molecule has 0 amide bonds. The first-order valence-corrected chi connectivity index (χ1v) is 6.09. The molecule has 0 aliphatic heterocycles. The summed E-state index contributed by atoms with van der Waals surface area (Å²) in [5.41, 5.74) is 8.40. The van der Waals surface area contributed by atoms with Gasteiger partial charge in [0.05, 0.1) is 18.0 Å². The molecule has 0 spiro atoms. The van der Waals surface area contributed by atoms with Gasteiger partial charge in [-0.2, -0.15) is 5.10 Å². The SMILES string of the molecule is CCc1cc(CC(N)c2ccco2)n(CC)n1. The zero-order valence-corrected chi connectivity index (χ0v) is 10.4. The van der Waals surface area contributed by atoms with E-state index in [0.29, 0.717) is 0 Å². The highest BCUT2D eigenvalue weighted by Gasteiger charge is 2.13. The summed E-state index contributed by atoms with van der Waals surface area (Å²) in [5.74, 6) is 0.826. The van der Waals surface area contributed by atoms with Crippen molar-refractivity contribution in [2.24, 2.45) is 5.73 Å². The summed E-state index contributed by atoms with van der Waals surface area (Å²) in [5, 5.41) is 4.51. The number of nitrogens with zero attached hydrogens (tertiary/aromatic N) is 2. The van der Waals surface area contributed by atoms with Gasteiger partial charge in [-0.1, -0.05) is 6.92 Å². The molecule has 0 radical (unpaired) electrons. The zero-order valence-electron chi connectivity index (χ0n) is 10.4. The summed E-state index contributed by atoms with van der Waals surface area (Å²) in [6.07, 6.45) is 3.37. The Morgan fingerprint density at radius 3 is 2.88 bits per heavy atom. The van der Waals surface area contributed by atoms with Crippen molar-refractivity contribution in [2.75, 3.05) is 0 Å². The third kappa shape index (κ3) is 2.58. The average Bonchev–Trinajstić information content (AvgIpc) is 2.97. The second kappa shape index (κ2) is 5.19. The zero-order chi connectivity index (χ0) is 12.3. The summed E-state index contributed by atoms with van der Waals surface area (Å²) in [6.45, 7) is 5.08. The van der Waals surface area contributed by atoms with Gasteiger partial charge in [-0.05, 0) is 31.5 Å². The number of aromatic nitrogens is 2. The highest BCUT2D eigenvalue weighted by Crippen LogP contribution is 2.17. The fourth-order valence-electron chi connectivity index (χ4n) is 1.95. The Balaban J connectivity index is 2.15. The molecule has 1 unspecified atom stereocenters. The number of nitrogens with two attached hydrogens (primary N) is 1. The van der Waals surface area contributed by atoms with Gasteiger partial charge in [0, 0.05) is 18.7 Å². The van der Waals surface area contributed by atoms with Gasteiger partial charge in [-0.3, -0.25) is 4.68 Å². The van der Waals surface area contributed by atoms with Crippen LogP contribution in [0, 0.1) is 0 Å². The van der Waals surface area contributed by atoms with E-state index in [-0.39, 0.29) is 6.04 Å². The van der Waals surface area contributed by atoms with Gasteiger partial charge in [-0.15, -0.1) is 0 Å². The van der Waals surface area contributed by atoms with Crippen LogP contribution in [0.1, 0.15) is 37.0 Å². The van der Waals surface area contributed by atoms with E-state index in [9.17, 15) is 0 Å². The molecular weight excluding hydrogens is 214 g/mol. The van der Waals surface area contributed by atoms with Crippen LogP contribution in [0.25, 0.3) is 0 Å². The topological polar surface area (TPSA) is 57.0 Å². The van der Waals surface area contributed by atoms with Gasteiger partial charge in [0.1, 0.15) is 5.76 Å². The van der Waals surface area contributed by atoms with Gasteiger partial charge in [0.2, 0.25) is 0 Å². The largest absolute Gasteiger partial charge is 0.468 e. The summed E-state index contributed by atoms with van der Waals surface area (Å²) < 4.78 is 7.33. The molecule has 0 bridgehead atoms. The predicted octanol–water partition coefficient (Wildman–Crippen LogP) is 2.30. The first-order valence-electron chi connectivity index (χ1n) is 6.09. The van der Waals surface area contributed by atoms with Crippen LogP contribution < -0.4 is 5.73 Å². The maximum atomic E-state index is 6.11. The molecule has 1 atom stereocenters. The minimum absolute atomic E-state index is 0.100. The van der Waals surface area contributed by atoms with Crippen molar-refractivity contribution in [2.45, 2.75) is 39.3 Å². The minimum atomic E-state index is -0.100. The summed E-state index contributed by atoms with van der Waals surface area (Å²) in [7, 11) is 0. The quantitative estimate of drug-likeness (QED) is 0.862. The monoisotopic (exact) mass is 233 g/mol. The number of hydrogen-bond donors (Lipinski definition) is 1. The van der Waals surface area contributed by atoms with Crippen molar-refractivity contribution in [1.29, 1.82) is 0 Å². The lowest BCUT2D eigenvalue weighted by atomic mass is 10.1. The minimum Gasteiger partial charge on any atom is -0.468 e. The van der Waals surface area contributed by atoms with Crippen molar-refractivity contribution < 1.29 is 4.42 Å². The Morgan fingerprint density at radius 2 is 2.29 bits per heavy atom. The van der Waals surface area contributed by atoms with Crippen molar-refractivity contribution in [3.05, 3.63) is 41.6 Å². The lowest BCUT2D eigenvalue weighted by molar-refractivity contribution is 0.456. The van der Waals surface area contributed by atoms with Gasteiger partial charge in [0.15, 0.2) is 0 Å². The van der Waals surface area contributed by atoms with Crippen LogP contribution in [0.15, 0.2) is 28.9 Å². The fourth-order valence-corrected chi connectivity index (χ4v) is 1.95. The van der Waals surface area contributed by atoms with E-state index in [2.05, 4.69) is 25.0 Å². The number of rotatable bonds is 5. The maximum Gasteiger partial charge on any atom is 0.120 e. The molecule has 2 aromatic rings. The molecule has 0 saturated heterocycles. The Bertz CT molecular complexity index is 459. The molecule has 17 heavy (non-hydrogen) atoms. The molecule has 4 heteroatoms. The van der Waals surface area contributed by atoms with Crippen LogP contribution in [-0.2, 0) is 19.4 Å². The van der Waals surface area contributed by atoms with Crippen LogP contribution >= 0.6 is 0 Å². The van der Waals surface area contributed by atoms with E-state index in [1.165, 1.54) is 5.69 Å². The maximum absolute atomic E-state index is 6.11. The standard InChI is InChI=1S/C13H19N3O/c1-3-10-8-11(16(4-2)15-10)9-12(14)13-6-5-7-17-13/h5-8,12H,3-4,9,14H2,1-2H3. The third-order valence-corrected chi connectivity index (χ3v) is 2.91. The lowest BCUT2D eigenvalue weighted by Crippen LogP contribution is -2.15. The second-order valence-corrected chi connectivity index (χ2v) is 4.12. The van der Waals surface area contributed by atoms with Crippen LogP contribution in [-0.4, -0.2) is 9.78 Å². The van der Waals surface area contributed by atoms with Crippen LogP contribution in [0.5, 0.6) is 0 Å².